The molecule has 0 radical (unpaired) electrons. The Morgan fingerprint density at radius 3 is 2.47 bits per heavy atom. The number of hydrogen-bond acceptors (Lipinski definition) is 2. The maximum Gasteiger partial charge on any atom is 0.234 e. The van der Waals surface area contributed by atoms with Crippen LogP contribution in [0.4, 0.5) is 4.39 Å². The Labute approximate surface area is 112 Å². The van der Waals surface area contributed by atoms with Crippen LogP contribution in [0.5, 0.6) is 0 Å². The zero-order valence-corrected chi connectivity index (χ0v) is 10.9. The van der Waals surface area contributed by atoms with Gasteiger partial charge in [0.2, 0.25) is 5.91 Å². The van der Waals surface area contributed by atoms with Crippen molar-refractivity contribution in [2.75, 3.05) is 6.54 Å². The second kappa shape index (κ2) is 5.29. The van der Waals surface area contributed by atoms with Gasteiger partial charge in [-0.2, -0.15) is 0 Å². The fraction of sp³-hybridized carbons (Fsp3) is 0.533. The highest BCUT2D eigenvalue weighted by Crippen LogP contribution is 2.40. The zero-order chi connectivity index (χ0) is 13.2. The van der Waals surface area contributed by atoms with E-state index in [-0.39, 0.29) is 17.8 Å². The molecule has 0 spiro atoms. The van der Waals surface area contributed by atoms with E-state index in [1.165, 1.54) is 25.0 Å². The van der Waals surface area contributed by atoms with Gasteiger partial charge in [0.15, 0.2) is 0 Å². The SMILES string of the molecule is O=C(CNC(c1ccc(F)cc1)C1CC1)NC1CC1. The van der Waals surface area contributed by atoms with Gasteiger partial charge in [-0.15, -0.1) is 0 Å². The van der Waals surface area contributed by atoms with Crippen molar-refractivity contribution in [3.8, 4) is 0 Å². The molecule has 4 heteroatoms. The van der Waals surface area contributed by atoms with E-state index in [2.05, 4.69) is 10.6 Å². The van der Waals surface area contributed by atoms with Gasteiger partial charge in [0.05, 0.1) is 6.54 Å². The minimum Gasteiger partial charge on any atom is -0.352 e. The first-order valence-electron chi connectivity index (χ1n) is 7.00. The van der Waals surface area contributed by atoms with Crippen LogP contribution in [0.25, 0.3) is 0 Å². The maximum absolute atomic E-state index is 12.9. The third-order valence-corrected chi connectivity index (χ3v) is 3.75. The summed E-state index contributed by atoms with van der Waals surface area (Å²) in [4.78, 5) is 11.7. The Balaban J connectivity index is 1.57. The zero-order valence-electron chi connectivity index (χ0n) is 10.9. The summed E-state index contributed by atoms with van der Waals surface area (Å²) in [6.07, 6.45) is 4.57. The maximum atomic E-state index is 12.9. The summed E-state index contributed by atoms with van der Waals surface area (Å²) in [5.41, 5.74) is 1.07. The van der Waals surface area contributed by atoms with Crippen LogP contribution >= 0.6 is 0 Å². The van der Waals surface area contributed by atoms with Gasteiger partial charge in [-0.1, -0.05) is 12.1 Å². The lowest BCUT2D eigenvalue weighted by molar-refractivity contribution is -0.120. The smallest absolute Gasteiger partial charge is 0.234 e. The molecule has 2 aliphatic rings. The Morgan fingerprint density at radius 1 is 1.21 bits per heavy atom. The van der Waals surface area contributed by atoms with Crippen LogP contribution in [0.15, 0.2) is 24.3 Å². The lowest BCUT2D eigenvalue weighted by Crippen LogP contribution is -2.37. The summed E-state index contributed by atoms with van der Waals surface area (Å²) in [5, 5.41) is 6.28. The first-order chi connectivity index (χ1) is 9.22. The molecule has 1 aromatic rings. The molecule has 1 unspecified atom stereocenters. The minimum atomic E-state index is -0.218. The molecule has 0 aliphatic heterocycles. The van der Waals surface area contributed by atoms with E-state index < -0.39 is 0 Å². The molecule has 2 saturated carbocycles. The summed E-state index contributed by atoms with van der Waals surface area (Å²) in [5.74, 6) is 0.430. The van der Waals surface area contributed by atoms with Crippen molar-refractivity contribution in [1.29, 1.82) is 0 Å². The van der Waals surface area contributed by atoms with Gasteiger partial charge in [0, 0.05) is 12.1 Å². The molecule has 3 nitrogen and oxygen atoms in total. The van der Waals surface area contributed by atoms with E-state index in [4.69, 9.17) is 0 Å². The normalized spacial score (nSPS) is 20.1. The highest BCUT2D eigenvalue weighted by atomic mass is 19.1. The molecule has 0 bridgehead atoms. The Bertz CT molecular complexity index is 452. The number of hydrogen-bond donors (Lipinski definition) is 2. The Kier molecular flexibility index (Phi) is 3.51. The molecule has 2 N–H and O–H groups in total. The van der Waals surface area contributed by atoms with Crippen molar-refractivity contribution in [3.63, 3.8) is 0 Å². The van der Waals surface area contributed by atoms with Gasteiger partial charge in [-0.3, -0.25) is 4.79 Å². The minimum absolute atomic E-state index is 0.0651. The Morgan fingerprint density at radius 2 is 1.89 bits per heavy atom. The molecule has 3 rings (SSSR count). The molecule has 0 aromatic heterocycles. The van der Waals surface area contributed by atoms with Gasteiger partial charge in [-0.25, -0.2) is 4.39 Å². The van der Waals surface area contributed by atoms with Crippen molar-refractivity contribution >= 4 is 5.91 Å². The predicted molar refractivity (Wildman–Crippen MR) is 71.0 cm³/mol. The van der Waals surface area contributed by atoms with Gasteiger partial charge in [-0.05, 0) is 49.3 Å². The van der Waals surface area contributed by atoms with Crippen LogP contribution in [-0.4, -0.2) is 18.5 Å². The number of carbonyl (C=O) groups excluding carboxylic acids is 1. The fourth-order valence-corrected chi connectivity index (χ4v) is 2.37. The average Bonchev–Trinajstić information content (AvgIpc) is 3.24. The predicted octanol–water partition coefficient (Wildman–Crippen LogP) is 2.15. The molecule has 2 fully saturated rings. The molecule has 1 amide bonds. The van der Waals surface area contributed by atoms with Crippen LogP contribution < -0.4 is 10.6 Å². The van der Waals surface area contributed by atoms with Gasteiger partial charge >= 0.3 is 0 Å². The van der Waals surface area contributed by atoms with Crippen LogP contribution in [0.2, 0.25) is 0 Å². The number of nitrogens with one attached hydrogen (secondary N) is 2. The van der Waals surface area contributed by atoms with Crippen molar-refractivity contribution in [2.45, 2.75) is 37.8 Å². The quantitative estimate of drug-likeness (QED) is 0.824. The number of benzene rings is 1. The third kappa shape index (κ3) is 3.53. The van der Waals surface area contributed by atoms with E-state index in [1.807, 2.05) is 12.1 Å². The fourth-order valence-electron chi connectivity index (χ4n) is 2.37. The summed E-state index contributed by atoms with van der Waals surface area (Å²) in [6, 6.07) is 7.16. The second-order valence-corrected chi connectivity index (χ2v) is 5.59. The van der Waals surface area contributed by atoms with Crippen LogP contribution in [0.1, 0.15) is 37.3 Å². The van der Waals surface area contributed by atoms with Gasteiger partial charge in [0.25, 0.3) is 0 Å². The first-order valence-corrected chi connectivity index (χ1v) is 7.00. The number of rotatable bonds is 6. The summed E-state index contributed by atoms with van der Waals surface area (Å²) >= 11 is 0. The third-order valence-electron chi connectivity index (χ3n) is 3.75. The lowest BCUT2D eigenvalue weighted by atomic mass is 10.0. The first kappa shape index (κ1) is 12.6. The molecule has 2 aliphatic carbocycles. The van der Waals surface area contributed by atoms with Crippen molar-refractivity contribution in [2.24, 2.45) is 5.92 Å². The standard InChI is InChI=1S/C15H19FN2O/c16-12-5-3-11(4-6-12)15(10-1-2-10)17-9-14(19)18-13-7-8-13/h3-6,10,13,15,17H,1-2,7-9H2,(H,18,19). The number of carbonyl (C=O) groups is 1. The van der Waals surface area contributed by atoms with Crippen LogP contribution in [0, 0.1) is 11.7 Å². The summed E-state index contributed by atoms with van der Waals surface area (Å²) in [6.45, 7) is 0.342. The van der Waals surface area contributed by atoms with E-state index in [1.54, 1.807) is 0 Å². The topological polar surface area (TPSA) is 41.1 Å². The molecular formula is C15H19FN2O. The average molecular weight is 262 g/mol. The summed E-state index contributed by atoms with van der Waals surface area (Å²) in [7, 11) is 0. The lowest BCUT2D eigenvalue weighted by Gasteiger charge is -2.18. The molecule has 0 saturated heterocycles. The van der Waals surface area contributed by atoms with E-state index in [0.29, 0.717) is 18.5 Å². The highest BCUT2D eigenvalue weighted by Gasteiger charge is 2.32. The van der Waals surface area contributed by atoms with E-state index in [0.717, 1.165) is 18.4 Å². The highest BCUT2D eigenvalue weighted by molar-refractivity contribution is 5.78. The Hall–Kier alpha value is -1.42. The molecule has 19 heavy (non-hydrogen) atoms. The van der Waals surface area contributed by atoms with Crippen molar-refractivity contribution in [3.05, 3.63) is 35.6 Å². The van der Waals surface area contributed by atoms with Crippen LogP contribution in [-0.2, 0) is 4.79 Å². The molecular weight excluding hydrogens is 243 g/mol. The monoisotopic (exact) mass is 262 g/mol. The molecule has 1 aromatic carbocycles. The van der Waals surface area contributed by atoms with Crippen molar-refractivity contribution in [1.82, 2.24) is 10.6 Å². The number of amides is 1. The molecule has 102 valence electrons. The van der Waals surface area contributed by atoms with Crippen molar-refractivity contribution < 1.29 is 9.18 Å². The molecule has 1 atom stereocenters. The van der Waals surface area contributed by atoms with Crippen LogP contribution in [0.3, 0.4) is 0 Å². The second-order valence-electron chi connectivity index (χ2n) is 5.59. The number of halogens is 1. The van der Waals surface area contributed by atoms with Gasteiger partial charge < -0.3 is 10.6 Å². The van der Waals surface area contributed by atoms with E-state index in [9.17, 15) is 9.18 Å². The summed E-state index contributed by atoms with van der Waals surface area (Å²) < 4.78 is 12.9. The largest absolute Gasteiger partial charge is 0.352 e. The van der Waals surface area contributed by atoms with E-state index >= 15 is 0 Å². The molecule has 0 heterocycles. The van der Waals surface area contributed by atoms with Gasteiger partial charge in [0.1, 0.15) is 5.82 Å².